The van der Waals surface area contributed by atoms with E-state index in [9.17, 15) is 0 Å². The normalized spacial score (nSPS) is 19.2. The Bertz CT molecular complexity index is 375. The average molecular weight is 295 g/mol. The predicted molar refractivity (Wildman–Crippen MR) is 78.9 cm³/mol. The molecule has 1 aliphatic carbocycles. The Morgan fingerprint density at radius 3 is 2.35 bits per heavy atom. The molecule has 0 amide bonds. The molecule has 17 heavy (non-hydrogen) atoms. The summed E-state index contributed by atoms with van der Waals surface area (Å²) in [7, 11) is 0. The van der Waals surface area contributed by atoms with Crippen molar-refractivity contribution in [3.63, 3.8) is 0 Å². The highest BCUT2D eigenvalue weighted by molar-refractivity contribution is 9.09. The van der Waals surface area contributed by atoms with Crippen molar-refractivity contribution in [2.75, 3.05) is 5.33 Å². The Kier molecular flexibility index (Phi) is 4.30. The van der Waals surface area contributed by atoms with Crippen LogP contribution in [0.25, 0.3) is 0 Å². The lowest BCUT2D eigenvalue weighted by Crippen LogP contribution is -2.28. The lowest BCUT2D eigenvalue weighted by Gasteiger charge is -2.36. The highest BCUT2D eigenvalue weighted by Crippen LogP contribution is 2.40. The highest BCUT2D eigenvalue weighted by Gasteiger charge is 2.30. The molecule has 0 aliphatic heterocycles. The third kappa shape index (κ3) is 3.13. The van der Waals surface area contributed by atoms with Crippen LogP contribution >= 0.6 is 15.9 Å². The Hall–Kier alpha value is -0.300. The molecule has 1 fully saturated rings. The summed E-state index contributed by atoms with van der Waals surface area (Å²) in [6.45, 7) is 4.42. The molecule has 0 saturated heterocycles. The van der Waals surface area contributed by atoms with Gasteiger partial charge in [-0.3, -0.25) is 0 Å². The van der Waals surface area contributed by atoms with Crippen molar-refractivity contribution in [3.8, 4) is 0 Å². The first-order valence-corrected chi connectivity index (χ1v) is 7.89. The van der Waals surface area contributed by atoms with E-state index in [1.165, 1.54) is 55.2 Å². The molecule has 94 valence electrons. The van der Waals surface area contributed by atoms with Crippen LogP contribution in [0.5, 0.6) is 0 Å². The van der Waals surface area contributed by atoms with E-state index >= 15 is 0 Å². The molecule has 0 spiro atoms. The topological polar surface area (TPSA) is 0 Å². The zero-order chi connectivity index (χ0) is 12.3. The van der Waals surface area contributed by atoms with Gasteiger partial charge in [-0.2, -0.15) is 0 Å². The van der Waals surface area contributed by atoms with Crippen molar-refractivity contribution < 1.29 is 0 Å². The van der Waals surface area contributed by atoms with E-state index in [2.05, 4.69) is 48.0 Å². The first-order chi connectivity index (χ1) is 8.15. The van der Waals surface area contributed by atoms with Crippen LogP contribution in [-0.4, -0.2) is 5.33 Å². The monoisotopic (exact) mass is 294 g/mol. The molecule has 0 radical (unpaired) electrons. The third-order valence-corrected chi connectivity index (χ3v) is 5.54. The number of benzene rings is 1. The molecular weight excluding hydrogens is 272 g/mol. The van der Waals surface area contributed by atoms with Gasteiger partial charge in [0.1, 0.15) is 0 Å². The molecule has 0 bridgehead atoms. The number of hydrogen-bond acceptors (Lipinski definition) is 0. The van der Waals surface area contributed by atoms with Crippen molar-refractivity contribution in [1.29, 1.82) is 0 Å². The maximum absolute atomic E-state index is 3.76. The standard InChI is InChI=1S/C16H23Br/c1-13-6-7-15(10-14(13)2)11-16(12-17)8-4-3-5-9-16/h6-7,10H,3-5,8-9,11-12H2,1-2H3. The Morgan fingerprint density at radius 2 is 1.76 bits per heavy atom. The molecule has 0 heterocycles. The highest BCUT2D eigenvalue weighted by atomic mass is 79.9. The van der Waals surface area contributed by atoms with E-state index in [4.69, 9.17) is 0 Å². The summed E-state index contributed by atoms with van der Waals surface area (Å²) in [6, 6.07) is 6.98. The third-order valence-electron chi connectivity index (χ3n) is 4.35. The summed E-state index contributed by atoms with van der Waals surface area (Å²) < 4.78 is 0. The minimum absolute atomic E-state index is 0.528. The SMILES string of the molecule is Cc1ccc(CC2(CBr)CCCCC2)cc1C. The van der Waals surface area contributed by atoms with Gasteiger partial charge in [-0.25, -0.2) is 0 Å². The van der Waals surface area contributed by atoms with Crippen molar-refractivity contribution in [2.45, 2.75) is 52.4 Å². The second-order valence-electron chi connectivity index (χ2n) is 5.79. The van der Waals surface area contributed by atoms with Gasteiger partial charge >= 0.3 is 0 Å². The van der Waals surface area contributed by atoms with Gasteiger partial charge in [-0.1, -0.05) is 53.4 Å². The fraction of sp³-hybridized carbons (Fsp3) is 0.625. The van der Waals surface area contributed by atoms with Crippen LogP contribution in [0.2, 0.25) is 0 Å². The predicted octanol–water partition coefficient (Wildman–Crippen LogP) is 5.19. The largest absolute Gasteiger partial charge is 0.0922 e. The second-order valence-corrected chi connectivity index (χ2v) is 6.35. The minimum atomic E-state index is 0.528. The lowest BCUT2D eigenvalue weighted by atomic mass is 9.72. The van der Waals surface area contributed by atoms with Gasteiger partial charge in [0.05, 0.1) is 0 Å². The molecule has 0 nitrogen and oxygen atoms in total. The Labute approximate surface area is 114 Å². The van der Waals surface area contributed by atoms with Gasteiger partial charge in [0, 0.05) is 5.33 Å². The van der Waals surface area contributed by atoms with Gasteiger partial charge in [-0.05, 0) is 55.2 Å². The number of halogens is 1. The molecular formula is C16H23Br. The maximum Gasteiger partial charge on any atom is 0.00911 e. The van der Waals surface area contributed by atoms with Crippen LogP contribution in [0.1, 0.15) is 48.8 Å². The van der Waals surface area contributed by atoms with Crippen LogP contribution in [0.3, 0.4) is 0 Å². The van der Waals surface area contributed by atoms with Crippen LogP contribution in [0.4, 0.5) is 0 Å². The fourth-order valence-corrected chi connectivity index (χ4v) is 3.76. The van der Waals surface area contributed by atoms with E-state index < -0.39 is 0 Å². The second kappa shape index (κ2) is 5.56. The van der Waals surface area contributed by atoms with E-state index in [1.54, 1.807) is 0 Å². The van der Waals surface area contributed by atoms with Crippen LogP contribution in [-0.2, 0) is 6.42 Å². The van der Waals surface area contributed by atoms with E-state index in [0.717, 1.165) is 5.33 Å². The van der Waals surface area contributed by atoms with Gasteiger partial charge in [-0.15, -0.1) is 0 Å². The summed E-state index contributed by atoms with van der Waals surface area (Å²) in [5, 5.41) is 1.16. The fourth-order valence-electron chi connectivity index (χ4n) is 3.01. The van der Waals surface area contributed by atoms with Crippen molar-refractivity contribution in [3.05, 3.63) is 34.9 Å². The molecule has 1 aliphatic rings. The van der Waals surface area contributed by atoms with Gasteiger partial charge < -0.3 is 0 Å². The summed E-state index contributed by atoms with van der Waals surface area (Å²) >= 11 is 3.76. The van der Waals surface area contributed by atoms with Crippen molar-refractivity contribution >= 4 is 15.9 Å². The first kappa shape index (κ1) is 13.1. The van der Waals surface area contributed by atoms with Crippen LogP contribution in [0.15, 0.2) is 18.2 Å². The average Bonchev–Trinajstić information content (AvgIpc) is 2.35. The summed E-state index contributed by atoms with van der Waals surface area (Å²) in [6.07, 6.45) is 8.30. The zero-order valence-corrected chi connectivity index (χ0v) is 12.6. The molecule has 0 aromatic heterocycles. The zero-order valence-electron chi connectivity index (χ0n) is 11.1. The van der Waals surface area contributed by atoms with Gasteiger partial charge in [0.2, 0.25) is 0 Å². The maximum atomic E-state index is 3.76. The van der Waals surface area contributed by atoms with Crippen molar-refractivity contribution in [2.24, 2.45) is 5.41 Å². The number of aryl methyl sites for hydroxylation is 2. The molecule has 1 saturated carbocycles. The minimum Gasteiger partial charge on any atom is -0.0922 e. The van der Waals surface area contributed by atoms with Gasteiger partial charge in [0.15, 0.2) is 0 Å². The first-order valence-electron chi connectivity index (χ1n) is 6.77. The number of rotatable bonds is 3. The summed E-state index contributed by atoms with van der Waals surface area (Å²) in [5.74, 6) is 0. The van der Waals surface area contributed by atoms with Crippen LogP contribution in [0, 0.1) is 19.3 Å². The number of hydrogen-bond donors (Lipinski definition) is 0. The van der Waals surface area contributed by atoms with E-state index in [-0.39, 0.29) is 0 Å². The summed E-state index contributed by atoms with van der Waals surface area (Å²) in [5.41, 5.74) is 4.89. The Morgan fingerprint density at radius 1 is 1.06 bits per heavy atom. The molecule has 1 aromatic carbocycles. The van der Waals surface area contributed by atoms with Crippen molar-refractivity contribution in [1.82, 2.24) is 0 Å². The summed E-state index contributed by atoms with van der Waals surface area (Å²) in [4.78, 5) is 0. The molecule has 0 N–H and O–H groups in total. The quantitative estimate of drug-likeness (QED) is 0.673. The molecule has 0 atom stereocenters. The lowest BCUT2D eigenvalue weighted by molar-refractivity contribution is 0.223. The van der Waals surface area contributed by atoms with E-state index in [0.29, 0.717) is 5.41 Å². The van der Waals surface area contributed by atoms with E-state index in [1.807, 2.05) is 0 Å². The van der Waals surface area contributed by atoms with Gasteiger partial charge in [0.25, 0.3) is 0 Å². The smallest absolute Gasteiger partial charge is 0.00911 e. The molecule has 2 rings (SSSR count). The van der Waals surface area contributed by atoms with Crippen LogP contribution < -0.4 is 0 Å². The molecule has 0 unspecified atom stereocenters. The molecule has 1 aromatic rings. The number of alkyl halides is 1. The Balaban J connectivity index is 2.14. The molecule has 1 heteroatoms.